The molecule has 3 nitrogen and oxygen atoms in total. The number of benzene rings is 1. The van der Waals surface area contributed by atoms with Crippen LogP contribution in [0.1, 0.15) is 23.7 Å². The molecule has 0 amide bonds. The molecule has 1 N–H and O–H groups in total. The van der Waals surface area contributed by atoms with Crippen LogP contribution in [0.25, 0.3) is 0 Å². The van der Waals surface area contributed by atoms with Gasteiger partial charge < -0.3 is 5.11 Å². The van der Waals surface area contributed by atoms with Crippen LogP contribution in [-0.4, -0.2) is 41.5 Å². The molecule has 18 heavy (non-hydrogen) atoms. The first-order valence-electron chi connectivity index (χ1n) is 6.26. The number of ketones is 1. The predicted octanol–water partition coefficient (Wildman–Crippen LogP) is 2.33. The lowest BCUT2D eigenvalue weighted by atomic mass is 9.95. The van der Waals surface area contributed by atoms with Crippen LogP contribution in [0.3, 0.4) is 0 Å². The SMILES string of the molecule is CC1CCN(CC(=O)c2ccccc2Br)CC1O. The maximum absolute atomic E-state index is 12.2. The van der Waals surface area contributed by atoms with Crippen LogP contribution >= 0.6 is 15.9 Å². The molecule has 0 bridgehead atoms. The van der Waals surface area contributed by atoms with Gasteiger partial charge in [0, 0.05) is 16.6 Å². The van der Waals surface area contributed by atoms with E-state index in [1.165, 1.54) is 0 Å². The van der Waals surface area contributed by atoms with Crippen molar-refractivity contribution in [3.63, 3.8) is 0 Å². The van der Waals surface area contributed by atoms with Gasteiger partial charge in [-0.3, -0.25) is 9.69 Å². The maximum Gasteiger partial charge on any atom is 0.177 e. The minimum atomic E-state index is -0.314. The molecule has 0 radical (unpaired) electrons. The number of aliphatic hydroxyl groups excluding tert-OH is 1. The number of Topliss-reactive ketones (excluding diaryl/α,β-unsaturated/α-hetero) is 1. The second-order valence-corrected chi connectivity index (χ2v) is 5.83. The molecule has 1 heterocycles. The fourth-order valence-corrected chi connectivity index (χ4v) is 2.74. The Morgan fingerprint density at radius 3 is 2.89 bits per heavy atom. The van der Waals surface area contributed by atoms with Crippen molar-refractivity contribution in [3.05, 3.63) is 34.3 Å². The van der Waals surface area contributed by atoms with E-state index < -0.39 is 0 Å². The zero-order chi connectivity index (χ0) is 13.1. The summed E-state index contributed by atoms with van der Waals surface area (Å²) < 4.78 is 0.834. The number of hydrogen-bond acceptors (Lipinski definition) is 3. The molecule has 1 saturated heterocycles. The summed E-state index contributed by atoms with van der Waals surface area (Å²) >= 11 is 3.39. The minimum absolute atomic E-state index is 0.101. The van der Waals surface area contributed by atoms with Crippen molar-refractivity contribution in [1.82, 2.24) is 4.90 Å². The first-order valence-corrected chi connectivity index (χ1v) is 7.05. The maximum atomic E-state index is 12.2. The van der Waals surface area contributed by atoms with Gasteiger partial charge in [0.15, 0.2) is 5.78 Å². The van der Waals surface area contributed by atoms with E-state index >= 15 is 0 Å². The Balaban J connectivity index is 1.98. The highest BCUT2D eigenvalue weighted by molar-refractivity contribution is 9.10. The molecule has 1 aliphatic heterocycles. The van der Waals surface area contributed by atoms with Crippen LogP contribution in [0, 0.1) is 5.92 Å². The first kappa shape index (κ1) is 13.7. The number of β-amino-alcohol motifs (C(OH)–C–C–N with tert-alkyl or cyclic N) is 1. The van der Waals surface area contributed by atoms with Crippen molar-refractivity contribution in [3.8, 4) is 0 Å². The number of piperidine rings is 1. The highest BCUT2D eigenvalue weighted by Gasteiger charge is 2.25. The van der Waals surface area contributed by atoms with Gasteiger partial charge in [-0.25, -0.2) is 0 Å². The molecule has 98 valence electrons. The molecule has 2 unspecified atom stereocenters. The van der Waals surface area contributed by atoms with Crippen molar-refractivity contribution in [1.29, 1.82) is 0 Å². The van der Waals surface area contributed by atoms with Crippen molar-refractivity contribution >= 4 is 21.7 Å². The Bertz CT molecular complexity index is 436. The van der Waals surface area contributed by atoms with Gasteiger partial charge in [-0.05, 0) is 24.9 Å². The van der Waals surface area contributed by atoms with E-state index in [1.54, 1.807) is 0 Å². The number of likely N-dealkylation sites (tertiary alicyclic amines) is 1. The first-order chi connectivity index (χ1) is 8.58. The summed E-state index contributed by atoms with van der Waals surface area (Å²) in [5.41, 5.74) is 0.714. The van der Waals surface area contributed by atoms with Crippen LogP contribution < -0.4 is 0 Å². The summed E-state index contributed by atoms with van der Waals surface area (Å²) in [5, 5.41) is 9.82. The number of rotatable bonds is 3. The van der Waals surface area contributed by atoms with E-state index in [9.17, 15) is 9.90 Å². The molecule has 0 saturated carbocycles. The zero-order valence-corrected chi connectivity index (χ0v) is 12.1. The van der Waals surface area contributed by atoms with E-state index in [0.29, 0.717) is 24.6 Å². The van der Waals surface area contributed by atoms with E-state index in [4.69, 9.17) is 0 Å². The summed E-state index contributed by atoms with van der Waals surface area (Å²) in [6.45, 7) is 3.91. The molecular weight excluding hydrogens is 294 g/mol. The third kappa shape index (κ3) is 3.19. The Hall–Kier alpha value is -0.710. The second-order valence-electron chi connectivity index (χ2n) is 4.97. The Kier molecular flexibility index (Phi) is 4.54. The third-order valence-electron chi connectivity index (χ3n) is 3.54. The summed E-state index contributed by atoms with van der Waals surface area (Å²) in [6, 6.07) is 7.47. The largest absolute Gasteiger partial charge is 0.392 e. The monoisotopic (exact) mass is 311 g/mol. The van der Waals surface area contributed by atoms with Gasteiger partial charge in [0.2, 0.25) is 0 Å². The zero-order valence-electron chi connectivity index (χ0n) is 10.5. The third-order valence-corrected chi connectivity index (χ3v) is 4.24. The quantitative estimate of drug-likeness (QED) is 0.871. The summed E-state index contributed by atoms with van der Waals surface area (Å²) in [7, 11) is 0. The van der Waals surface area contributed by atoms with Crippen LogP contribution in [0.4, 0.5) is 0 Å². The van der Waals surface area contributed by atoms with E-state index in [1.807, 2.05) is 29.2 Å². The lowest BCUT2D eigenvalue weighted by molar-refractivity contribution is 0.0294. The fraction of sp³-hybridized carbons (Fsp3) is 0.500. The Morgan fingerprint density at radius 1 is 1.50 bits per heavy atom. The van der Waals surface area contributed by atoms with Crippen LogP contribution in [-0.2, 0) is 0 Å². The molecule has 0 aliphatic carbocycles. The van der Waals surface area contributed by atoms with Gasteiger partial charge in [0.05, 0.1) is 12.6 Å². The summed E-state index contributed by atoms with van der Waals surface area (Å²) in [4.78, 5) is 14.2. The smallest absolute Gasteiger partial charge is 0.177 e. The van der Waals surface area contributed by atoms with Crippen LogP contribution in [0.15, 0.2) is 28.7 Å². The number of carbonyl (C=O) groups is 1. The van der Waals surface area contributed by atoms with E-state index in [-0.39, 0.29) is 11.9 Å². The standard InChI is InChI=1S/C14H18BrNO2/c1-10-6-7-16(8-13(10)17)9-14(18)11-4-2-3-5-12(11)15/h2-5,10,13,17H,6-9H2,1H3. The topological polar surface area (TPSA) is 40.5 Å². The van der Waals surface area contributed by atoms with Crippen molar-refractivity contribution in [2.45, 2.75) is 19.4 Å². The summed E-state index contributed by atoms with van der Waals surface area (Å²) in [6.07, 6.45) is 0.635. The van der Waals surface area contributed by atoms with Crippen LogP contribution in [0.2, 0.25) is 0 Å². The van der Waals surface area contributed by atoms with Crippen LogP contribution in [0.5, 0.6) is 0 Å². The molecule has 4 heteroatoms. The van der Waals surface area contributed by atoms with Gasteiger partial charge in [0.25, 0.3) is 0 Å². The molecular formula is C14H18BrNO2. The summed E-state index contributed by atoms with van der Waals surface area (Å²) in [5.74, 6) is 0.434. The molecule has 1 fully saturated rings. The highest BCUT2D eigenvalue weighted by atomic mass is 79.9. The lowest BCUT2D eigenvalue weighted by Crippen LogP contribution is -2.44. The molecule has 2 rings (SSSR count). The molecule has 1 aliphatic rings. The molecule has 1 aromatic rings. The number of aliphatic hydroxyl groups is 1. The molecule has 2 atom stereocenters. The van der Waals surface area contributed by atoms with Gasteiger partial charge in [0.1, 0.15) is 0 Å². The van der Waals surface area contributed by atoms with Gasteiger partial charge >= 0.3 is 0 Å². The Morgan fingerprint density at radius 2 is 2.22 bits per heavy atom. The molecule has 1 aromatic carbocycles. The van der Waals surface area contributed by atoms with Gasteiger partial charge in [-0.2, -0.15) is 0 Å². The van der Waals surface area contributed by atoms with Crippen molar-refractivity contribution < 1.29 is 9.90 Å². The lowest BCUT2D eigenvalue weighted by Gasteiger charge is -2.33. The molecule has 0 spiro atoms. The second kappa shape index (κ2) is 5.95. The molecule has 0 aromatic heterocycles. The van der Waals surface area contributed by atoms with E-state index in [2.05, 4.69) is 22.9 Å². The predicted molar refractivity (Wildman–Crippen MR) is 74.7 cm³/mol. The number of hydrogen-bond donors (Lipinski definition) is 1. The average molecular weight is 312 g/mol. The van der Waals surface area contributed by atoms with Crippen molar-refractivity contribution in [2.75, 3.05) is 19.6 Å². The van der Waals surface area contributed by atoms with E-state index in [0.717, 1.165) is 17.4 Å². The Labute approximate surface area is 116 Å². The average Bonchev–Trinajstić information content (AvgIpc) is 2.34. The normalized spacial score (nSPS) is 25.1. The van der Waals surface area contributed by atoms with Gasteiger partial charge in [-0.15, -0.1) is 0 Å². The van der Waals surface area contributed by atoms with Gasteiger partial charge in [-0.1, -0.05) is 41.1 Å². The highest BCUT2D eigenvalue weighted by Crippen LogP contribution is 2.20. The fourth-order valence-electron chi connectivity index (χ4n) is 2.23. The number of nitrogens with zero attached hydrogens (tertiary/aromatic N) is 1. The number of halogens is 1. The number of carbonyl (C=O) groups excluding carboxylic acids is 1. The minimum Gasteiger partial charge on any atom is -0.392 e. The van der Waals surface area contributed by atoms with Crippen molar-refractivity contribution in [2.24, 2.45) is 5.92 Å².